The lowest BCUT2D eigenvalue weighted by Crippen LogP contribution is -2.20. The van der Waals surface area contributed by atoms with E-state index in [9.17, 15) is 4.79 Å². The minimum absolute atomic E-state index is 0.251. The van der Waals surface area contributed by atoms with E-state index in [-0.39, 0.29) is 5.97 Å². The molecule has 0 aromatic rings. The number of alkyl halides is 1. The molecule has 11 heavy (non-hydrogen) atoms. The quantitative estimate of drug-likeness (QED) is 0.367. The van der Waals surface area contributed by atoms with E-state index in [0.717, 1.165) is 0 Å². The second-order valence-electron chi connectivity index (χ2n) is 3.18. The fourth-order valence-corrected chi connectivity index (χ4v) is 0.396. The molecule has 0 aliphatic carbocycles. The Kier molecular flexibility index (Phi) is 4.19. The highest BCUT2D eigenvalue weighted by atomic mass is 35.5. The molecule has 0 fully saturated rings. The molecule has 0 saturated carbocycles. The van der Waals surface area contributed by atoms with Crippen molar-refractivity contribution in [1.82, 2.24) is 0 Å². The molecule has 3 heteroatoms. The average molecular weight is 177 g/mol. The minimum atomic E-state index is -0.448. The van der Waals surface area contributed by atoms with Gasteiger partial charge in [-0.15, -0.1) is 11.6 Å². The lowest BCUT2D eigenvalue weighted by molar-refractivity contribution is -0.146. The van der Waals surface area contributed by atoms with Crippen LogP contribution in [0.2, 0.25) is 0 Å². The van der Waals surface area contributed by atoms with Crippen LogP contribution in [0.3, 0.4) is 0 Å². The largest absolute Gasteiger partial charge is 0.434 e. The Morgan fingerprint density at radius 1 is 1.55 bits per heavy atom. The molecule has 0 atom stereocenters. The summed E-state index contributed by atoms with van der Waals surface area (Å²) in [6.45, 7) is 5.39. The Morgan fingerprint density at radius 2 is 2.09 bits per heavy atom. The summed E-state index contributed by atoms with van der Waals surface area (Å²) in [6, 6.07) is 0. The molecule has 0 aliphatic rings. The molecule has 0 N–H and O–H groups in total. The summed E-state index contributed by atoms with van der Waals surface area (Å²) in [6.07, 6.45) is 2.89. The molecule has 0 spiro atoms. The van der Waals surface area contributed by atoms with Crippen molar-refractivity contribution in [3.8, 4) is 0 Å². The van der Waals surface area contributed by atoms with Crippen LogP contribution in [0.1, 0.15) is 20.8 Å². The van der Waals surface area contributed by atoms with E-state index >= 15 is 0 Å². The van der Waals surface area contributed by atoms with Crippen LogP contribution in [-0.4, -0.2) is 11.8 Å². The number of esters is 1. The smallest absolute Gasteiger partial charge is 0.316 e. The normalized spacial score (nSPS) is 12.0. The van der Waals surface area contributed by atoms with E-state index in [2.05, 4.69) is 0 Å². The third-order valence-electron chi connectivity index (χ3n) is 0.973. The van der Waals surface area contributed by atoms with Crippen LogP contribution in [0, 0.1) is 5.41 Å². The second-order valence-corrected chi connectivity index (χ2v) is 3.49. The van der Waals surface area contributed by atoms with Gasteiger partial charge in [0.1, 0.15) is 0 Å². The Morgan fingerprint density at radius 3 is 2.45 bits per heavy atom. The van der Waals surface area contributed by atoms with Gasteiger partial charge in [0.05, 0.1) is 11.7 Å². The molecule has 0 heterocycles. The monoisotopic (exact) mass is 176 g/mol. The molecule has 0 rings (SSSR count). The van der Waals surface area contributed by atoms with Crippen LogP contribution in [0.4, 0.5) is 0 Å². The summed E-state index contributed by atoms with van der Waals surface area (Å²) in [5.41, 5.74) is -0.448. The van der Waals surface area contributed by atoms with E-state index < -0.39 is 5.41 Å². The van der Waals surface area contributed by atoms with Crippen LogP contribution in [0.15, 0.2) is 12.3 Å². The van der Waals surface area contributed by atoms with E-state index in [1.807, 2.05) is 0 Å². The number of ether oxygens (including phenoxy) is 1. The van der Waals surface area contributed by atoms with Crippen LogP contribution in [0.5, 0.6) is 0 Å². The van der Waals surface area contributed by atoms with Gasteiger partial charge in [-0.05, 0) is 26.8 Å². The summed E-state index contributed by atoms with van der Waals surface area (Å²) >= 11 is 5.32. The lowest BCUT2D eigenvalue weighted by atomic mass is 9.98. The van der Waals surface area contributed by atoms with Gasteiger partial charge >= 0.3 is 5.97 Å². The summed E-state index contributed by atoms with van der Waals surface area (Å²) in [4.78, 5) is 11.0. The topological polar surface area (TPSA) is 26.3 Å². The van der Waals surface area contributed by atoms with E-state index in [1.54, 1.807) is 26.8 Å². The van der Waals surface area contributed by atoms with Crippen molar-refractivity contribution in [2.24, 2.45) is 5.41 Å². The van der Waals surface area contributed by atoms with Gasteiger partial charge < -0.3 is 4.74 Å². The van der Waals surface area contributed by atoms with Gasteiger partial charge in [0.2, 0.25) is 0 Å². The number of allylic oxidation sites excluding steroid dienone is 1. The number of halogens is 1. The Balaban J connectivity index is 3.80. The minimum Gasteiger partial charge on any atom is -0.434 e. The first-order valence-corrected chi connectivity index (χ1v) is 3.94. The summed E-state index contributed by atoms with van der Waals surface area (Å²) in [7, 11) is 0. The predicted molar refractivity (Wildman–Crippen MR) is 45.4 cm³/mol. The molecule has 64 valence electrons. The average Bonchev–Trinajstić information content (AvgIpc) is 1.86. The molecular weight excluding hydrogens is 164 g/mol. The first kappa shape index (κ1) is 10.5. The maximum Gasteiger partial charge on any atom is 0.316 e. The third kappa shape index (κ3) is 4.85. The Labute approximate surface area is 72.2 Å². The van der Waals surface area contributed by atoms with E-state index in [0.29, 0.717) is 5.88 Å². The molecule has 0 unspecified atom stereocenters. The number of hydrogen-bond acceptors (Lipinski definition) is 2. The first-order valence-electron chi connectivity index (χ1n) is 3.40. The molecule has 2 nitrogen and oxygen atoms in total. The van der Waals surface area contributed by atoms with Gasteiger partial charge in [0.15, 0.2) is 0 Å². The van der Waals surface area contributed by atoms with Gasteiger partial charge in [-0.1, -0.05) is 0 Å². The van der Waals surface area contributed by atoms with Gasteiger partial charge in [-0.3, -0.25) is 4.79 Å². The number of rotatable bonds is 2. The van der Waals surface area contributed by atoms with Crippen LogP contribution in [-0.2, 0) is 9.53 Å². The number of carbonyl (C=O) groups is 1. The van der Waals surface area contributed by atoms with Gasteiger partial charge in [-0.25, -0.2) is 0 Å². The zero-order chi connectivity index (χ0) is 8.91. The molecule has 0 bridgehead atoms. The van der Waals surface area contributed by atoms with Crippen LogP contribution < -0.4 is 0 Å². The van der Waals surface area contributed by atoms with Gasteiger partial charge in [0.25, 0.3) is 0 Å². The number of hydrogen-bond donors (Lipinski definition) is 0. The Bertz CT molecular complexity index is 156. The molecular formula is C8H13ClO2. The molecule has 0 aromatic carbocycles. The fraction of sp³-hybridized carbons (Fsp3) is 0.625. The van der Waals surface area contributed by atoms with E-state index in [4.69, 9.17) is 16.3 Å². The molecule has 0 saturated heterocycles. The van der Waals surface area contributed by atoms with Crippen LogP contribution in [0.25, 0.3) is 0 Å². The fourth-order valence-electron chi connectivity index (χ4n) is 0.323. The highest BCUT2D eigenvalue weighted by molar-refractivity contribution is 6.18. The van der Waals surface area contributed by atoms with Crippen molar-refractivity contribution < 1.29 is 9.53 Å². The molecule has 0 radical (unpaired) electrons. The predicted octanol–water partition coefficient (Wildman–Crippen LogP) is 2.33. The van der Waals surface area contributed by atoms with Crippen molar-refractivity contribution in [3.63, 3.8) is 0 Å². The van der Waals surface area contributed by atoms with Crippen molar-refractivity contribution in [2.45, 2.75) is 20.8 Å². The zero-order valence-electron chi connectivity index (χ0n) is 7.06. The SMILES string of the molecule is CC(C)(C)C(=O)OC=CCCl. The van der Waals surface area contributed by atoms with E-state index in [1.165, 1.54) is 6.26 Å². The van der Waals surface area contributed by atoms with Crippen molar-refractivity contribution >= 4 is 17.6 Å². The van der Waals surface area contributed by atoms with Gasteiger partial charge in [0, 0.05) is 5.88 Å². The van der Waals surface area contributed by atoms with Gasteiger partial charge in [-0.2, -0.15) is 0 Å². The zero-order valence-corrected chi connectivity index (χ0v) is 7.81. The van der Waals surface area contributed by atoms with Crippen molar-refractivity contribution in [1.29, 1.82) is 0 Å². The third-order valence-corrected chi connectivity index (χ3v) is 1.15. The molecule has 0 amide bonds. The highest BCUT2D eigenvalue weighted by Gasteiger charge is 2.21. The van der Waals surface area contributed by atoms with Crippen molar-refractivity contribution in [3.05, 3.63) is 12.3 Å². The lowest BCUT2D eigenvalue weighted by Gasteiger charge is -2.13. The maximum atomic E-state index is 11.0. The van der Waals surface area contributed by atoms with Crippen molar-refractivity contribution in [2.75, 3.05) is 5.88 Å². The first-order chi connectivity index (χ1) is 4.98. The second kappa shape index (κ2) is 4.39. The summed E-state index contributed by atoms with van der Waals surface area (Å²) in [5, 5.41) is 0. The Hall–Kier alpha value is -0.500. The highest BCUT2D eigenvalue weighted by Crippen LogP contribution is 2.14. The summed E-state index contributed by atoms with van der Waals surface area (Å²) in [5.74, 6) is 0.108. The molecule has 0 aromatic heterocycles. The maximum absolute atomic E-state index is 11.0. The standard InChI is InChI=1S/C8H13ClO2/c1-8(2,3)7(10)11-6-4-5-9/h4,6H,5H2,1-3H3. The molecule has 0 aliphatic heterocycles. The summed E-state index contributed by atoms with van der Waals surface area (Å²) < 4.78 is 4.74. The van der Waals surface area contributed by atoms with Crippen LogP contribution >= 0.6 is 11.6 Å². The number of carbonyl (C=O) groups excluding carboxylic acids is 1.